The van der Waals surface area contributed by atoms with Gasteiger partial charge < -0.3 is 16.0 Å². The van der Waals surface area contributed by atoms with Crippen molar-refractivity contribution >= 4 is 17.7 Å². The summed E-state index contributed by atoms with van der Waals surface area (Å²) in [6.07, 6.45) is 0.559. The molecule has 6 nitrogen and oxygen atoms in total. The zero-order chi connectivity index (χ0) is 18.8. The Kier molecular flexibility index (Phi) is 8.52. The first kappa shape index (κ1) is 20.5. The molecular formula is C17H23F2N3O3. The molecule has 25 heavy (non-hydrogen) atoms. The Morgan fingerprint density at radius 3 is 2.32 bits per heavy atom. The Morgan fingerprint density at radius 1 is 1.00 bits per heavy atom. The van der Waals surface area contributed by atoms with Gasteiger partial charge in [-0.1, -0.05) is 13.8 Å². The lowest BCUT2D eigenvalue weighted by Crippen LogP contribution is -2.36. The normalized spacial score (nSPS) is 10.4. The van der Waals surface area contributed by atoms with Crippen LogP contribution in [0.3, 0.4) is 0 Å². The Morgan fingerprint density at radius 2 is 1.68 bits per heavy atom. The number of amides is 3. The largest absolute Gasteiger partial charge is 0.354 e. The van der Waals surface area contributed by atoms with Crippen LogP contribution in [-0.2, 0) is 9.59 Å². The smallest absolute Gasteiger partial charge is 0.254 e. The van der Waals surface area contributed by atoms with E-state index in [4.69, 9.17) is 0 Å². The lowest BCUT2D eigenvalue weighted by molar-refractivity contribution is -0.124. The van der Waals surface area contributed by atoms with E-state index in [0.717, 1.165) is 12.1 Å². The minimum atomic E-state index is -0.932. The second-order valence-electron chi connectivity index (χ2n) is 5.78. The fourth-order valence-corrected chi connectivity index (χ4v) is 1.90. The molecule has 0 unspecified atom stereocenters. The summed E-state index contributed by atoms with van der Waals surface area (Å²) >= 11 is 0. The van der Waals surface area contributed by atoms with E-state index >= 15 is 0 Å². The zero-order valence-corrected chi connectivity index (χ0v) is 14.3. The fraction of sp³-hybridized carbons (Fsp3) is 0.471. The predicted molar refractivity (Wildman–Crippen MR) is 88.8 cm³/mol. The summed E-state index contributed by atoms with van der Waals surface area (Å²) in [6.45, 7) is 4.42. The molecule has 0 saturated carbocycles. The van der Waals surface area contributed by atoms with Gasteiger partial charge in [-0.3, -0.25) is 14.4 Å². The molecule has 0 heterocycles. The molecule has 0 aliphatic rings. The van der Waals surface area contributed by atoms with Crippen molar-refractivity contribution in [1.82, 2.24) is 16.0 Å². The molecule has 0 bridgehead atoms. The van der Waals surface area contributed by atoms with Gasteiger partial charge in [-0.15, -0.1) is 0 Å². The molecule has 3 amide bonds. The van der Waals surface area contributed by atoms with Gasteiger partial charge in [-0.05, 0) is 18.6 Å². The molecule has 3 N–H and O–H groups in total. The van der Waals surface area contributed by atoms with Gasteiger partial charge in [0.25, 0.3) is 5.91 Å². The molecule has 0 saturated heterocycles. The summed E-state index contributed by atoms with van der Waals surface area (Å²) < 4.78 is 26.2. The number of carbonyl (C=O) groups excluding carboxylic acids is 3. The monoisotopic (exact) mass is 355 g/mol. The maximum Gasteiger partial charge on any atom is 0.254 e. The van der Waals surface area contributed by atoms with Crippen LogP contribution in [0.15, 0.2) is 18.2 Å². The predicted octanol–water partition coefficient (Wildman–Crippen LogP) is 1.36. The van der Waals surface area contributed by atoms with Crippen LogP contribution in [0.5, 0.6) is 0 Å². The van der Waals surface area contributed by atoms with Crippen molar-refractivity contribution in [2.24, 2.45) is 5.92 Å². The third kappa shape index (κ3) is 7.73. The highest BCUT2D eigenvalue weighted by molar-refractivity contribution is 5.94. The Hall–Kier alpha value is -2.51. The van der Waals surface area contributed by atoms with Gasteiger partial charge in [0.1, 0.15) is 11.6 Å². The van der Waals surface area contributed by atoms with Gasteiger partial charge >= 0.3 is 0 Å². The van der Waals surface area contributed by atoms with Crippen LogP contribution < -0.4 is 16.0 Å². The first-order valence-electron chi connectivity index (χ1n) is 8.09. The number of benzene rings is 1. The van der Waals surface area contributed by atoms with E-state index in [1.54, 1.807) is 13.8 Å². The summed E-state index contributed by atoms with van der Waals surface area (Å²) in [5.74, 6) is -2.74. The third-order valence-corrected chi connectivity index (χ3v) is 3.31. The highest BCUT2D eigenvalue weighted by Gasteiger charge is 2.12. The van der Waals surface area contributed by atoms with Crippen LogP contribution in [0.1, 0.15) is 37.0 Å². The van der Waals surface area contributed by atoms with Crippen LogP contribution >= 0.6 is 0 Å². The van der Waals surface area contributed by atoms with E-state index in [-0.39, 0.29) is 36.3 Å². The topological polar surface area (TPSA) is 87.3 Å². The van der Waals surface area contributed by atoms with Gasteiger partial charge in [0.15, 0.2) is 0 Å². The lowest BCUT2D eigenvalue weighted by atomic mass is 10.2. The van der Waals surface area contributed by atoms with Gasteiger partial charge in [-0.2, -0.15) is 0 Å². The average Bonchev–Trinajstić information content (AvgIpc) is 2.55. The number of rotatable bonds is 9. The number of halogens is 2. The van der Waals surface area contributed by atoms with E-state index in [1.807, 2.05) is 0 Å². The highest BCUT2D eigenvalue weighted by atomic mass is 19.1. The molecule has 0 spiro atoms. The van der Waals surface area contributed by atoms with Crippen molar-refractivity contribution in [3.8, 4) is 0 Å². The average molecular weight is 355 g/mol. The fourth-order valence-electron chi connectivity index (χ4n) is 1.90. The van der Waals surface area contributed by atoms with Crippen LogP contribution in [0.25, 0.3) is 0 Å². The van der Waals surface area contributed by atoms with E-state index in [2.05, 4.69) is 16.0 Å². The second-order valence-corrected chi connectivity index (χ2v) is 5.78. The third-order valence-electron chi connectivity index (χ3n) is 3.31. The van der Waals surface area contributed by atoms with Crippen molar-refractivity contribution in [3.05, 3.63) is 35.4 Å². The van der Waals surface area contributed by atoms with Crippen LogP contribution in [0.4, 0.5) is 8.78 Å². The molecule has 0 aliphatic heterocycles. The minimum Gasteiger partial charge on any atom is -0.354 e. The molecule has 1 rings (SSSR count). The van der Waals surface area contributed by atoms with Crippen molar-refractivity contribution in [2.45, 2.75) is 26.7 Å². The molecule has 0 fully saturated rings. The number of carbonyl (C=O) groups is 3. The number of hydrogen-bond donors (Lipinski definition) is 3. The Bertz CT molecular complexity index is 621. The second kappa shape index (κ2) is 10.4. The molecular weight excluding hydrogens is 332 g/mol. The first-order chi connectivity index (χ1) is 11.8. The van der Waals surface area contributed by atoms with Crippen LogP contribution in [-0.4, -0.2) is 37.4 Å². The van der Waals surface area contributed by atoms with Crippen LogP contribution in [0.2, 0.25) is 0 Å². The summed E-state index contributed by atoms with van der Waals surface area (Å²) in [6, 6.07) is 2.71. The summed E-state index contributed by atoms with van der Waals surface area (Å²) in [5, 5.41) is 7.79. The molecule has 138 valence electrons. The van der Waals surface area contributed by atoms with E-state index in [1.165, 1.54) is 0 Å². The first-order valence-corrected chi connectivity index (χ1v) is 8.09. The Balaban J connectivity index is 2.17. The quantitative estimate of drug-likeness (QED) is 0.585. The van der Waals surface area contributed by atoms with E-state index in [9.17, 15) is 23.2 Å². The minimum absolute atomic E-state index is 0.0787. The van der Waals surface area contributed by atoms with Gasteiger partial charge in [0.2, 0.25) is 11.8 Å². The van der Waals surface area contributed by atoms with Crippen molar-refractivity contribution in [1.29, 1.82) is 0 Å². The molecule has 1 aromatic carbocycles. The SMILES string of the molecule is CC(C)C(=O)NCCNC(=O)CCCNC(=O)c1ccc(F)cc1F. The maximum atomic E-state index is 13.4. The van der Waals surface area contributed by atoms with Gasteiger partial charge in [-0.25, -0.2) is 8.78 Å². The summed E-state index contributed by atoms with van der Waals surface area (Å²) in [5.41, 5.74) is -0.244. The highest BCUT2D eigenvalue weighted by Crippen LogP contribution is 2.09. The standard InChI is InChI=1S/C17H23F2N3O3/c1-11(2)16(24)22-9-8-20-15(23)4-3-7-21-17(25)13-6-5-12(18)10-14(13)19/h5-6,10-11H,3-4,7-9H2,1-2H3,(H,20,23)(H,21,25)(H,22,24). The molecule has 1 aromatic rings. The summed E-state index contributed by atoms with van der Waals surface area (Å²) in [7, 11) is 0. The molecule has 0 atom stereocenters. The molecule has 0 radical (unpaired) electrons. The molecule has 8 heteroatoms. The lowest BCUT2D eigenvalue weighted by Gasteiger charge is -2.09. The zero-order valence-electron chi connectivity index (χ0n) is 14.3. The van der Waals surface area contributed by atoms with Gasteiger partial charge in [0.05, 0.1) is 5.56 Å². The van der Waals surface area contributed by atoms with Crippen molar-refractivity contribution in [2.75, 3.05) is 19.6 Å². The van der Waals surface area contributed by atoms with Gasteiger partial charge in [0, 0.05) is 38.0 Å². The van der Waals surface area contributed by atoms with Crippen molar-refractivity contribution in [3.63, 3.8) is 0 Å². The number of nitrogens with one attached hydrogen (secondary N) is 3. The van der Waals surface area contributed by atoms with Crippen LogP contribution in [0, 0.1) is 17.6 Å². The maximum absolute atomic E-state index is 13.4. The molecule has 0 aromatic heterocycles. The number of hydrogen-bond acceptors (Lipinski definition) is 3. The van der Waals surface area contributed by atoms with E-state index < -0.39 is 17.5 Å². The van der Waals surface area contributed by atoms with E-state index in [0.29, 0.717) is 25.6 Å². The Labute approximate surface area is 145 Å². The summed E-state index contributed by atoms with van der Waals surface area (Å²) in [4.78, 5) is 34.6. The van der Waals surface area contributed by atoms with Crippen molar-refractivity contribution < 1.29 is 23.2 Å². The molecule has 0 aliphatic carbocycles.